The Morgan fingerprint density at radius 1 is 1.09 bits per heavy atom. The number of methoxy groups -OCH3 is 2. The third-order valence-electron chi connectivity index (χ3n) is 6.76. The Kier molecular flexibility index (Phi) is 9.46. The SMILES string of the molecule is CCN(CC)CCCNC(=O)[C@H]1c2cc(OC)c(OC)cc2C(=O)N(C)[C@H]1c1ccc(SC)cc1. The molecule has 2 aromatic rings. The van der Waals surface area contributed by atoms with Crippen LogP contribution in [0.5, 0.6) is 11.5 Å². The molecule has 0 saturated heterocycles. The molecule has 2 aromatic carbocycles. The van der Waals surface area contributed by atoms with E-state index in [1.165, 1.54) is 7.11 Å². The zero-order chi connectivity index (χ0) is 25.5. The van der Waals surface area contributed by atoms with Crippen molar-refractivity contribution in [3.05, 3.63) is 53.1 Å². The van der Waals surface area contributed by atoms with Crippen molar-refractivity contribution in [1.82, 2.24) is 15.1 Å². The minimum atomic E-state index is -0.582. The molecule has 1 N–H and O–H groups in total. The van der Waals surface area contributed by atoms with Crippen molar-refractivity contribution in [2.24, 2.45) is 0 Å². The van der Waals surface area contributed by atoms with Crippen LogP contribution in [0.25, 0.3) is 0 Å². The summed E-state index contributed by atoms with van der Waals surface area (Å²) in [7, 11) is 4.86. The molecule has 0 aromatic heterocycles. The van der Waals surface area contributed by atoms with E-state index >= 15 is 0 Å². The number of nitrogens with one attached hydrogen (secondary N) is 1. The van der Waals surface area contributed by atoms with Gasteiger partial charge in [-0.25, -0.2) is 0 Å². The average molecular weight is 500 g/mol. The van der Waals surface area contributed by atoms with Crippen molar-refractivity contribution < 1.29 is 19.1 Å². The van der Waals surface area contributed by atoms with Gasteiger partial charge in [-0.05, 0) is 67.7 Å². The number of ether oxygens (including phenoxy) is 2. The van der Waals surface area contributed by atoms with E-state index in [1.807, 2.05) is 30.5 Å². The Morgan fingerprint density at radius 2 is 1.71 bits per heavy atom. The van der Waals surface area contributed by atoms with Gasteiger partial charge in [-0.15, -0.1) is 11.8 Å². The van der Waals surface area contributed by atoms with Crippen LogP contribution in [0.3, 0.4) is 0 Å². The number of benzene rings is 2. The van der Waals surface area contributed by atoms with E-state index < -0.39 is 12.0 Å². The minimum absolute atomic E-state index is 0.101. The largest absolute Gasteiger partial charge is 0.493 e. The Hall–Kier alpha value is -2.71. The van der Waals surface area contributed by atoms with Crippen LogP contribution in [0.4, 0.5) is 0 Å². The summed E-state index contributed by atoms with van der Waals surface area (Å²) in [5.74, 6) is 0.136. The van der Waals surface area contributed by atoms with Crippen molar-refractivity contribution in [3.63, 3.8) is 0 Å². The lowest BCUT2D eigenvalue weighted by Crippen LogP contribution is -2.46. The van der Waals surface area contributed by atoms with Gasteiger partial charge in [0.15, 0.2) is 11.5 Å². The average Bonchev–Trinajstić information content (AvgIpc) is 2.89. The summed E-state index contributed by atoms with van der Waals surface area (Å²) in [6.07, 6.45) is 2.89. The van der Waals surface area contributed by atoms with Crippen molar-refractivity contribution >= 4 is 23.6 Å². The number of nitrogens with zero attached hydrogens (tertiary/aromatic N) is 2. The summed E-state index contributed by atoms with van der Waals surface area (Å²) in [4.78, 5) is 32.3. The number of hydrogen-bond donors (Lipinski definition) is 1. The molecule has 0 unspecified atom stereocenters. The first kappa shape index (κ1) is 26.9. The Labute approximate surface area is 213 Å². The second kappa shape index (κ2) is 12.3. The molecular formula is C27H37N3O4S. The van der Waals surface area contributed by atoms with E-state index in [9.17, 15) is 9.59 Å². The Bertz CT molecular complexity index is 1020. The lowest BCUT2D eigenvalue weighted by molar-refractivity contribution is -0.124. The predicted molar refractivity (Wildman–Crippen MR) is 141 cm³/mol. The van der Waals surface area contributed by atoms with Crippen LogP contribution < -0.4 is 14.8 Å². The molecule has 0 fully saturated rings. The van der Waals surface area contributed by atoms with Gasteiger partial charge < -0.3 is 24.6 Å². The molecular weight excluding hydrogens is 462 g/mol. The highest BCUT2D eigenvalue weighted by molar-refractivity contribution is 7.98. The first-order valence-corrected chi connectivity index (χ1v) is 13.3. The van der Waals surface area contributed by atoms with Crippen molar-refractivity contribution in [3.8, 4) is 11.5 Å². The number of carbonyl (C=O) groups excluding carboxylic acids is 2. The molecule has 35 heavy (non-hydrogen) atoms. The first-order valence-electron chi connectivity index (χ1n) is 12.1. The van der Waals surface area contributed by atoms with Gasteiger partial charge >= 0.3 is 0 Å². The van der Waals surface area contributed by atoms with Crippen LogP contribution in [0.1, 0.15) is 53.7 Å². The molecule has 2 atom stereocenters. The minimum Gasteiger partial charge on any atom is -0.493 e. The summed E-state index contributed by atoms with van der Waals surface area (Å²) in [6, 6.07) is 11.1. The molecule has 0 radical (unpaired) electrons. The van der Waals surface area contributed by atoms with E-state index in [4.69, 9.17) is 9.47 Å². The monoisotopic (exact) mass is 499 g/mol. The molecule has 7 nitrogen and oxygen atoms in total. The fraction of sp³-hybridized carbons (Fsp3) is 0.481. The van der Waals surface area contributed by atoms with E-state index in [-0.39, 0.29) is 11.8 Å². The fourth-order valence-corrected chi connectivity index (χ4v) is 5.12. The standard InChI is InChI=1S/C27H37N3O4S/c1-7-30(8-2)15-9-14-28-26(31)24-20-16-22(33-4)23(34-5)17-21(20)27(32)29(3)25(24)18-10-12-19(35-6)13-11-18/h10-13,16-17,24-25H,7-9,14-15H2,1-6H3,(H,28,31)/t24-,25-/m0/s1. The van der Waals surface area contributed by atoms with Crippen LogP contribution >= 0.6 is 11.8 Å². The summed E-state index contributed by atoms with van der Waals surface area (Å²) in [5, 5.41) is 3.14. The molecule has 1 heterocycles. The normalized spacial score (nSPS) is 17.3. The van der Waals surface area contributed by atoms with Gasteiger partial charge in [0.1, 0.15) is 0 Å². The third kappa shape index (κ3) is 5.76. The van der Waals surface area contributed by atoms with E-state index in [2.05, 4.69) is 24.1 Å². The molecule has 1 aliphatic rings. The van der Waals surface area contributed by atoms with Crippen LogP contribution in [0, 0.1) is 0 Å². The van der Waals surface area contributed by atoms with E-state index in [0.717, 1.165) is 36.5 Å². The summed E-state index contributed by atoms with van der Waals surface area (Å²) >= 11 is 1.66. The molecule has 2 amide bonds. The Morgan fingerprint density at radius 3 is 2.29 bits per heavy atom. The molecule has 0 spiro atoms. The maximum atomic E-state index is 13.7. The van der Waals surface area contributed by atoms with Gasteiger partial charge in [0.25, 0.3) is 5.91 Å². The second-order valence-electron chi connectivity index (χ2n) is 8.58. The topological polar surface area (TPSA) is 71.1 Å². The quantitative estimate of drug-likeness (QED) is 0.369. The highest BCUT2D eigenvalue weighted by atomic mass is 32.2. The van der Waals surface area contributed by atoms with E-state index in [1.54, 1.807) is 43.0 Å². The number of amides is 2. The molecule has 3 rings (SSSR count). The van der Waals surface area contributed by atoms with Crippen molar-refractivity contribution in [2.75, 3.05) is 53.7 Å². The second-order valence-corrected chi connectivity index (χ2v) is 9.46. The summed E-state index contributed by atoms with van der Waals surface area (Å²) in [5.41, 5.74) is 2.04. The number of likely N-dealkylation sites (N-methyl/N-ethyl adjacent to an activating group) is 1. The lowest BCUT2D eigenvalue weighted by atomic mass is 9.79. The molecule has 0 saturated carbocycles. The van der Waals surface area contributed by atoms with Gasteiger partial charge in [0.05, 0.1) is 26.2 Å². The third-order valence-corrected chi connectivity index (χ3v) is 7.50. The highest BCUT2D eigenvalue weighted by Crippen LogP contribution is 2.45. The van der Waals surface area contributed by atoms with E-state index in [0.29, 0.717) is 29.2 Å². The lowest BCUT2D eigenvalue weighted by Gasteiger charge is -2.40. The van der Waals surface area contributed by atoms with Crippen molar-refractivity contribution in [2.45, 2.75) is 37.1 Å². The molecule has 0 bridgehead atoms. The highest BCUT2D eigenvalue weighted by Gasteiger charge is 2.43. The number of carbonyl (C=O) groups is 2. The van der Waals surface area contributed by atoms with Crippen LogP contribution in [-0.4, -0.2) is 75.3 Å². The van der Waals surface area contributed by atoms with Gasteiger partial charge in [-0.2, -0.15) is 0 Å². The molecule has 190 valence electrons. The molecule has 0 aliphatic carbocycles. The number of hydrogen-bond acceptors (Lipinski definition) is 6. The van der Waals surface area contributed by atoms with Gasteiger partial charge in [-0.1, -0.05) is 26.0 Å². The summed E-state index contributed by atoms with van der Waals surface area (Å²) in [6.45, 7) is 7.76. The zero-order valence-corrected chi connectivity index (χ0v) is 22.4. The van der Waals surface area contributed by atoms with Gasteiger partial charge in [-0.3, -0.25) is 9.59 Å². The maximum absolute atomic E-state index is 13.7. The zero-order valence-electron chi connectivity index (χ0n) is 21.6. The van der Waals surface area contributed by atoms with Gasteiger partial charge in [0, 0.05) is 24.1 Å². The van der Waals surface area contributed by atoms with Crippen LogP contribution in [-0.2, 0) is 4.79 Å². The fourth-order valence-electron chi connectivity index (χ4n) is 4.71. The number of fused-ring (bicyclic) bond motifs is 1. The first-order chi connectivity index (χ1) is 16.9. The Balaban J connectivity index is 2.00. The predicted octanol–water partition coefficient (Wildman–Crippen LogP) is 4.18. The smallest absolute Gasteiger partial charge is 0.254 e. The number of rotatable bonds is 11. The van der Waals surface area contributed by atoms with Gasteiger partial charge in [0.2, 0.25) is 5.91 Å². The van der Waals surface area contributed by atoms with Crippen LogP contribution in [0.15, 0.2) is 41.3 Å². The van der Waals surface area contributed by atoms with Crippen LogP contribution in [0.2, 0.25) is 0 Å². The maximum Gasteiger partial charge on any atom is 0.254 e. The summed E-state index contributed by atoms with van der Waals surface area (Å²) < 4.78 is 11.0. The van der Waals surface area contributed by atoms with Crippen molar-refractivity contribution in [1.29, 1.82) is 0 Å². The molecule has 1 aliphatic heterocycles. The number of thioether (sulfide) groups is 1. The molecule has 8 heteroatoms.